The summed E-state index contributed by atoms with van der Waals surface area (Å²) in [5.74, 6) is 1.12. The first kappa shape index (κ1) is 19.0. The number of fused-ring (bicyclic) bond motifs is 3. The standard InChI is InChI=1S/C22H26N4OS/c1-13(2)21-20-10-16-6-7-17(28-5)11-19(16)25(20)8-9-26(21)22-23-12-18(15(4)27)14(3)24-22/h6-7,10-13,21H,8-9H2,1-5H3. The van der Waals surface area contributed by atoms with Crippen molar-refractivity contribution >= 4 is 34.4 Å². The number of thioether (sulfide) groups is 1. The first-order valence-electron chi connectivity index (χ1n) is 9.69. The summed E-state index contributed by atoms with van der Waals surface area (Å²) >= 11 is 1.78. The molecule has 0 aliphatic carbocycles. The van der Waals surface area contributed by atoms with E-state index in [2.05, 4.69) is 63.8 Å². The van der Waals surface area contributed by atoms with Gasteiger partial charge in [0.2, 0.25) is 5.95 Å². The number of carbonyl (C=O) groups is 1. The summed E-state index contributed by atoms with van der Waals surface area (Å²) in [4.78, 5) is 24.6. The topological polar surface area (TPSA) is 51.0 Å². The van der Waals surface area contributed by atoms with Crippen molar-refractivity contribution < 1.29 is 4.79 Å². The molecule has 3 aromatic rings. The minimum Gasteiger partial charge on any atom is -0.341 e. The lowest BCUT2D eigenvalue weighted by Crippen LogP contribution is -2.41. The lowest BCUT2D eigenvalue weighted by Gasteiger charge is -2.39. The first-order chi connectivity index (χ1) is 13.4. The lowest BCUT2D eigenvalue weighted by molar-refractivity contribution is 0.101. The minimum absolute atomic E-state index is 0.00725. The molecule has 0 spiro atoms. The van der Waals surface area contributed by atoms with Crippen LogP contribution in [0, 0.1) is 12.8 Å². The van der Waals surface area contributed by atoms with E-state index in [0.29, 0.717) is 17.4 Å². The third-order valence-electron chi connectivity index (χ3n) is 5.58. The molecule has 1 unspecified atom stereocenters. The molecule has 2 aromatic heterocycles. The molecular formula is C22H26N4OS. The quantitative estimate of drug-likeness (QED) is 0.466. The molecule has 5 nitrogen and oxygen atoms in total. The van der Waals surface area contributed by atoms with Gasteiger partial charge in [-0.3, -0.25) is 4.79 Å². The number of benzene rings is 1. The summed E-state index contributed by atoms with van der Waals surface area (Å²) in [5.41, 5.74) is 3.96. The van der Waals surface area contributed by atoms with E-state index in [1.54, 1.807) is 24.9 Å². The number of rotatable bonds is 4. The molecule has 0 saturated heterocycles. The van der Waals surface area contributed by atoms with Crippen LogP contribution in [0.1, 0.15) is 48.6 Å². The van der Waals surface area contributed by atoms with Gasteiger partial charge >= 0.3 is 0 Å². The average molecular weight is 395 g/mol. The molecular weight excluding hydrogens is 368 g/mol. The number of hydrogen-bond donors (Lipinski definition) is 0. The molecule has 0 bridgehead atoms. The fourth-order valence-corrected chi connectivity index (χ4v) is 4.68. The van der Waals surface area contributed by atoms with Crippen molar-refractivity contribution in [3.05, 3.63) is 47.4 Å². The highest BCUT2D eigenvalue weighted by Crippen LogP contribution is 2.38. The number of anilines is 1. The normalized spacial score (nSPS) is 16.6. The molecule has 0 radical (unpaired) electrons. The molecule has 0 amide bonds. The fraction of sp³-hybridized carbons (Fsp3) is 0.409. The Kier molecular flexibility index (Phi) is 4.91. The molecule has 1 aromatic carbocycles. The second-order valence-corrected chi connectivity index (χ2v) is 8.63. The number of ketones is 1. The molecule has 6 heteroatoms. The fourth-order valence-electron chi connectivity index (χ4n) is 4.25. The van der Waals surface area contributed by atoms with E-state index < -0.39 is 0 Å². The number of carbonyl (C=O) groups excluding carboxylic acids is 1. The van der Waals surface area contributed by atoms with Gasteiger partial charge in [0.25, 0.3) is 0 Å². The highest BCUT2D eigenvalue weighted by molar-refractivity contribution is 7.98. The van der Waals surface area contributed by atoms with E-state index >= 15 is 0 Å². The number of aromatic nitrogens is 3. The average Bonchev–Trinajstić information content (AvgIpc) is 3.04. The van der Waals surface area contributed by atoms with Crippen LogP contribution in [0.4, 0.5) is 5.95 Å². The SMILES string of the molecule is CSc1ccc2cc3n(c2c1)CCN(c1ncc(C(C)=O)c(C)n1)C3C(C)C. The molecule has 28 heavy (non-hydrogen) atoms. The molecule has 3 heterocycles. The molecule has 1 aliphatic rings. The first-order valence-corrected chi connectivity index (χ1v) is 10.9. The summed E-state index contributed by atoms with van der Waals surface area (Å²) in [6, 6.07) is 9.21. The second kappa shape index (κ2) is 7.24. The van der Waals surface area contributed by atoms with E-state index in [9.17, 15) is 4.79 Å². The maximum absolute atomic E-state index is 11.7. The number of hydrogen-bond acceptors (Lipinski definition) is 5. The molecule has 1 aliphatic heterocycles. The smallest absolute Gasteiger partial charge is 0.226 e. The van der Waals surface area contributed by atoms with Gasteiger partial charge in [-0.15, -0.1) is 11.8 Å². The minimum atomic E-state index is 0.00725. The number of nitrogens with zero attached hydrogens (tertiary/aromatic N) is 4. The van der Waals surface area contributed by atoms with Crippen molar-refractivity contribution in [3.8, 4) is 0 Å². The van der Waals surface area contributed by atoms with Crippen molar-refractivity contribution in [2.24, 2.45) is 5.92 Å². The summed E-state index contributed by atoms with van der Waals surface area (Å²) < 4.78 is 2.45. The van der Waals surface area contributed by atoms with Gasteiger partial charge < -0.3 is 9.47 Å². The Morgan fingerprint density at radius 3 is 2.68 bits per heavy atom. The number of aryl methyl sites for hydroxylation is 1. The van der Waals surface area contributed by atoms with Gasteiger partial charge in [0, 0.05) is 40.8 Å². The molecule has 146 valence electrons. The summed E-state index contributed by atoms with van der Waals surface area (Å²) in [6.45, 7) is 9.69. The van der Waals surface area contributed by atoms with Crippen LogP contribution in [0.5, 0.6) is 0 Å². The van der Waals surface area contributed by atoms with Gasteiger partial charge in [-0.2, -0.15) is 0 Å². The van der Waals surface area contributed by atoms with E-state index in [1.165, 1.54) is 21.5 Å². The monoisotopic (exact) mass is 394 g/mol. The van der Waals surface area contributed by atoms with Gasteiger partial charge in [-0.25, -0.2) is 9.97 Å². The van der Waals surface area contributed by atoms with Crippen molar-refractivity contribution in [1.82, 2.24) is 14.5 Å². The number of Topliss-reactive ketones (excluding diaryl/α,β-unsaturated/α-hetero) is 1. The van der Waals surface area contributed by atoms with Crippen LogP contribution in [0.15, 0.2) is 35.4 Å². The molecule has 1 atom stereocenters. The third-order valence-corrected chi connectivity index (χ3v) is 6.31. The maximum atomic E-state index is 11.7. The van der Waals surface area contributed by atoms with Crippen molar-refractivity contribution in [2.75, 3.05) is 17.7 Å². The van der Waals surface area contributed by atoms with E-state index in [4.69, 9.17) is 0 Å². The van der Waals surface area contributed by atoms with Gasteiger partial charge in [0.05, 0.1) is 17.3 Å². The van der Waals surface area contributed by atoms with Crippen LogP contribution < -0.4 is 4.90 Å². The summed E-state index contributed by atoms with van der Waals surface area (Å²) in [7, 11) is 0. The van der Waals surface area contributed by atoms with Crippen LogP contribution in [-0.4, -0.2) is 33.1 Å². The Labute approximate surface area is 170 Å². The molecule has 4 rings (SSSR count). The Hall–Kier alpha value is -2.34. The zero-order valence-corrected chi connectivity index (χ0v) is 17.9. The summed E-state index contributed by atoms with van der Waals surface area (Å²) in [5, 5.41) is 1.28. The second-order valence-electron chi connectivity index (χ2n) is 7.75. The Morgan fingerprint density at radius 1 is 1.25 bits per heavy atom. The summed E-state index contributed by atoms with van der Waals surface area (Å²) in [6.07, 6.45) is 3.79. The zero-order chi connectivity index (χ0) is 20.0. The van der Waals surface area contributed by atoms with Gasteiger partial charge in [0.1, 0.15) is 0 Å². The van der Waals surface area contributed by atoms with Gasteiger partial charge in [0.15, 0.2) is 5.78 Å². The van der Waals surface area contributed by atoms with Crippen LogP contribution >= 0.6 is 11.8 Å². The predicted octanol–water partition coefficient (Wildman–Crippen LogP) is 4.88. The van der Waals surface area contributed by atoms with Gasteiger partial charge in [-0.1, -0.05) is 19.9 Å². The van der Waals surface area contributed by atoms with Crippen LogP contribution in [0.2, 0.25) is 0 Å². The Morgan fingerprint density at radius 2 is 2.04 bits per heavy atom. The predicted molar refractivity (Wildman–Crippen MR) is 115 cm³/mol. The maximum Gasteiger partial charge on any atom is 0.226 e. The highest BCUT2D eigenvalue weighted by Gasteiger charge is 2.33. The molecule has 0 fully saturated rings. The van der Waals surface area contributed by atoms with E-state index in [1.807, 2.05) is 6.92 Å². The van der Waals surface area contributed by atoms with Crippen LogP contribution in [-0.2, 0) is 6.54 Å². The van der Waals surface area contributed by atoms with Crippen LogP contribution in [0.3, 0.4) is 0 Å². The molecule has 0 N–H and O–H groups in total. The van der Waals surface area contributed by atoms with E-state index in [0.717, 1.165) is 18.8 Å². The third kappa shape index (κ3) is 3.09. The van der Waals surface area contributed by atoms with Gasteiger partial charge in [-0.05, 0) is 44.2 Å². The molecule has 0 saturated carbocycles. The van der Waals surface area contributed by atoms with Crippen molar-refractivity contribution in [3.63, 3.8) is 0 Å². The van der Waals surface area contributed by atoms with Crippen molar-refractivity contribution in [2.45, 2.75) is 45.2 Å². The van der Waals surface area contributed by atoms with Crippen molar-refractivity contribution in [1.29, 1.82) is 0 Å². The Balaban J connectivity index is 1.80. The lowest BCUT2D eigenvalue weighted by atomic mass is 9.97. The zero-order valence-electron chi connectivity index (χ0n) is 17.1. The highest BCUT2D eigenvalue weighted by atomic mass is 32.2. The Bertz CT molecular complexity index is 1060. The van der Waals surface area contributed by atoms with Crippen LogP contribution in [0.25, 0.3) is 10.9 Å². The van der Waals surface area contributed by atoms with E-state index in [-0.39, 0.29) is 11.8 Å². The largest absolute Gasteiger partial charge is 0.341 e.